The highest BCUT2D eigenvalue weighted by atomic mass is 35.5. The Balaban J connectivity index is 1.79. The highest BCUT2D eigenvalue weighted by Crippen LogP contribution is 2.28. The molecule has 8 nitrogen and oxygen atoms in total. The van der Waals surface area contributed by atoms with E-state index in [9.17, 15) is 18.0 Å². The fraction of sp³-hybridized carbons (Fsp3) is 0.188. The van der Waals surface area contributed by atoms with Gasteiger partial charge in [0.2, 0.25) is 11.8 Å². The molecule has 0 radical (unpaired) electrons. The lowest BCUT2D eigenvalue weighted by Crippen LogP contribution is -2.53. The van der Waals surface area contributed by atoms with Crippen LogP contribution in [0.2, 0.25) is 10.0 Å². The molecule has 4 rings (SSSR count). The number of benzene rings is 4. The number of hydrogen-bond donors (Lipinski definition) is 1. The summed E-state index contributed by atoms with van der Waals surface area (Å²) in [6.07, 6.45) is 0.197. The maximum absolute atomic E-state index is 14.3. The fourth-order valence-corrected chi connectivity index (χ4v) is 6.28. The predicted octanol–water partition coefficient (Wildman–Crippen LogP) is 5.58. The van der Waals surface area contributed by atoms with Crippen LogP contribution in [0.1, 0.15) is 11.1 Å². The third-order valence-electron chi connectivity index (χ3n) is 6.86. The number of hydrogen-bond acceptors (Lipinski definition) is 5. The van der Waals surface area contributed by atoms with Crippen molar-refractivity contribution >= 4 is 50.7 Å². The molecule has 0 fully saturated rings. The lowest BCUT2D eigenvalue weighted by molar-refractivity contribution is -0.139. The molecule has 43 heavy (non-hydrogen) atoms. The fourth-order valence-electron chi connectivity index (χ4n) is 4.54. The summed E-state index contributed by atoms with van der Waals surface area (Å²) >= 11 is 12.6. The molecule has 224 valence electrons. The molecule has 4 aromatic carbocycles. The number of carbonyl (C=O) groups excluding carboxylic acids is 2. The van der Waals surface area contributed by atoms with Crippen LogP contribution in [0.5, 0.6) is 5.75 Å². The third-order valence-corrected chi connectivity index (χ3v) is 9.27. The number of carbonyl (C=O) groups is 2. The molecule has 0 heterocycles. The minimum absolute atomic E-state index is 0.0273. The Hall–Kier alpha value is -4.05. The van der Waals surface area contributed by atoms with Gasteiger partial charge < -0.3 is 15.0 Å². The molecule has 0 aliphatic heterocycles. The zero-order valence-corrected chi connectivity index (χ0v) is 25.9. The molecular formula is C32H31Cl2N3O5S. The van der Waals surface area contributed by atoms with Crippen LogP contribution in [-0.2, 0) is 32.6 Å². The van der Waals surface area contributed by atoms with E-state index in [1.165, 1.54) is 55.5 Å². The molecule has 4 aromatic rings. The van der Waals surface area contributed by atoms with Crippen molar-refractivity contribution in [3.8, 4) is 5.75 Å². The van der Waals surface area contributed by atoms with E-state index in [0.29, 0.717) is 21.4 Å². The zero-order chi connectivity index (χ0) is 31.0. The topological polar surface area (TPSA) is 96.0 Å². The van der Waals surface area contributed by atoms with Crippen molar-refractivity contribution in [3.05, 3.63) is 124 Å². The number of ether oxygens (including phenoxy) is 1. The highest BCUT2D eigenvalue weighted by Gasteiger charge is 2.34. The molecule has 11 heteroatoms. The van der Waals surface area contributed by atoms with E-state index in [1.54, 1.807) is 36.4 Å². The Morgan fingerprint density at radius 1 is 0.860 bits per heavy atom. The van der Waals surface area contributed by atoms with Gasteiger partial charge in [-0.05, 0) is 65.7 Å². The summed E-state index contributed by atoms with van der Waals surface area (Å²) in [6, 6.07) is 27.3. The first-order valence-electron chi connectivity index (χ1n) is 13.3. The van der Waals surface area contributed by atoms with E-state index in [1.807, 2.05) is 30.3 Å². The van der Waals surface area contributed by atoms with Gasteiger partial charge in [0.25, 0.3) is 10.0 Å². The third kappa shape index (κ3) is 7.87. The maximum atomic E-state index is 14.3. The van der Waals surface area contributed by atoms with Crippen LogP contribution in [0.3, 0.4) is 0 Å². The van der Waals surface area contributed by atoms with E-state index in [0.717, 1.165) is 9.87 Å². The molecule has 0 aliphatic rings. The van der Waals surface area contributed by atoms with Crippen LogP contribution in [0, 0.1) is 0 Å². The Morgan fingerprint density at radius 2 is 1.49 bits per heavy atom. The summed E-state index contributed by atoms with van der Waals surface area (Å²) in [7, 11) is -1.28. The molecule has 2 amide bonds. The average Bonchev–Trinajstić information content (AvgIpc) is 3.02. The highest BCUT2D eigenvalue weighted by molar-refractivity contribution is 7.92. The Kier molecular flexibility index (Phi) is 10.7. The van der Waals surface area contributed by atoms with Crippen LogP contribution < -0.4 is 14.4 Å². The Labute approximate surface area is 261 Å². The van der Waals surface area contributed by atoms with Gasteiger partial charge in [-0.1, -0.05) is 71.7 Å². The van der Waals surface area contributed by atoms with E-state index in [4.69, 9.17) is 27.9 Å². The van der Waals surface area contributed by atoms with Gasteiger partial charge in [0, 0.05) is 30.1 Å². The first-order valence-corrected chi connectivity index (χ1v) is 15.5. The zero-order valence-electron chi connectivity index (χ0n) is 23.6. The van der Waals surface area contributed by atoms with Crippen molar-refractivity contribution in [1.82, 2.24) is 10.2 Å². The van der Waals surface area contributed by atoms with Gasteiger partial charge in [0.15, 0.2) is 0 Å². The molecule has 0 saturated carbocycles. The standard InChI is InChI=1S/C32H31Cl2N3O5S/c1-35-32(39)30(20-23-8-4-3-5-9-23)36(21-24-10-6-7-11-29(24)34)31(38)22-37(26-14-12-25(33)13-15-26)43(40,41)28-18-16-27(42-2)17-19-28/h3-19,30H,20-22H2,1-2H3,(H,35,39)/t30-/m0/s1. The molecule has 0 unspecified atom stereocenters. The minimum atomic E-state index is -4.25. The number of rotatable bonds is 12. The van der Waals surface area contributed by atoms with Gasteiger partial charge in [0.1, 0.15) is 18.3 Å². The number of nitrogens with zero attached hydrogens (tertiary/aromatic N) is 2. The van der Waals surface area contributed by atoms with Crippen LogP contribution in [-0.4, -0.2) is 51.9 Å². The Bertz CT molecular complexity index is 1650. The smallest absolute Gasteiger partial charge is 0.264 e. The van der Waals surface area contributed by atoms with Gasteiger partial charge in [-0.3, -0.25) is 13.9 Å². The molecule has 0 spiro atoms. The second-order valence-electron chi connectivity index (χ2n) is 9.60. The first-order chi connectivity index (χ1) is 20.6. The second kappa shape index (κ2) is 14.4. The SMILES string of the molecule is CNC(=O)[C@H](Cc1ccccc1)N(Cc1ccccc1Cl)C(=O)CN(c1ccc(Cl)cc1)S(=O)(=O)c1ccc(OC)cc1. The normalized spacial score (nSPS) is 11.8. The summed E-state index contributed by atoms with van der Waals surface area (Å²) in [5.41, 5.74) is 1.66. The van der Waals surface area contributed by atoms with Crippen molar-refractivity contribution in [2.75, 3.05) is 25.0 Å². The van der Waals surface area contributed by atoms with Gasteiger partial charge >= 0.3 is 0 Å². The lowest BCUT2D eigenvalue weighted by atomic mass is 10.0. The van der Waals surface area contributed by atoms with Crippen molar-refractivity contribution in [3.63, 3.8) is 0 Å². The number of methoxy groups -OCH3 is 1. The van der Waals surface area contributed by atoms with E-state index in [-0.39, 0.29) is 23.5 Å². The van der Waals surface area contributed by atoms with Crippen molar-refractivity contribution in [1.29, 1.82) is 0 Å². The summed E-state index contributed by atoms with van der Waals surface area (Å²) in [5, 5.41) is 3.47. The molecule has 0 aromatic heterocycles. The number of amides is 2. The van der Waals surface area contributed by atoms with Crippen LogP contribution in [0.4, 0.5) is 5.69 Å². The second-order valence-corrected chi connectivity index (χ2v) is 12.3. The number of halogens is 2. The first kappa shape index (κ1) is 31.9. The van der Waals surface area contributed by atoms with Crippen molar-refractivity contribution in [2.24, 2.45) is 0 Å². The molecule has 0 aliphatic carbocycles. The molecule has 0 bridgehead atoms. The molecule has 0 saturated heterocycles. The van der Waals surface area contributed by atoms with Gasteiger partial charge in [0.05, 0.1) is 17.7 Å². The predicted molar refractivity (Wildman–Crippen MR) is 169 cm³/mol. The summed E-state index contributed by atoms with van der Waals surface area (Å²) < 4.78 is 34.2. The van der Waals surface area contributed by atoms with Gasteiger partial charge in [-0.15, -0.1) is 0 Å². The Morgan fingerprint density at radius 3 is 2.09 bits per heavy atom. The molecular weight excluding hydrogens is 609 g/mol. The van der Waals surface area contributed by atoms with Gasteiger partial charge in [-0.25, -0.2) is 8.42 Å². The summed E-state index contributed by atoms with van der Waals surface area (Å²) in [5.74, 6) is -0.523. The largest absolute Gasteiger partial charge is 0.497 e. The summed E-state index contributed by atoms with van der Waals surface area (Å²) in [4.78, 5) is 28.9. The number of nitrogens with one attached hydrogen (secondary N) is 1. The van der Waals surface area contributed by atoms with Crippen LogP contribution in [0.15, 0.2) is 108 Å². The number of sulfonamides is 1. The minimum Gasteiger partial charge on any atom is -0.497 e. The number of likely N-dealkylation sites (N-methyl/N-ethyl adjacent to an activating group) is 1. The quantitative estimate of drug-likeness (QED) is 0.218. The number of anilines is 1. The van der Waals surface area contributed by atoms with E-state index >= 15 is 0 Å². The van der Waals surface area contributed by atoms with Crippen LogP contribution in [0.25, 0.3) is 0 Å². The van der Waals surface area contributed by atoms with Crippen molar-refractivity contribution < 1.29 is 22.7 Å². The maximum Gasteiger partial charge on any atom is 0.264 e. The monoisotopic (exact) mass is 639 g/mol. The van der Waals surface area contributed by atoms with E-state index < -0.39 is 34.4 Å². The summed E-state index contributed by atoms with van der Waals surface area (Å²) in [6.45, 7) is -0.622. The van der Waals surface area contributed by atoms with Crippen LogP contribution >= 0.6 is 23.2 Å². The van der Waals surface area contributed by atoms with Gasteiger partial charge in [-0.2, -0.15) is 0 Å². The van der Waals surface area contributed by atoms with E-state index in [2.05, 4.69) is 5.32 Å². The lowest BCUT2D eigenvalue weighted by Gasteiger charge is -2.33. The average molecular weight is 641 g/mol. The van der Waals surface area contributed by atoms with Crippen molar-refractivity contribution in [2.45, 2.75) is 23.9 Å². The molecule has 1 N–H and O–H groups in total. The molecule has 1 atom stereocenters.